The van der Waals surface area contributed by atoms with E-state index in [1.807, 2.05) is 0 Å². The third kappa shape index (κ3) is 12.3. The van der Waals surface area contributed by atoms with Crippen molar-refractivity contribution in [1.82, 2.24) is 16.0 Å². The number of aliphatic hydroxyl groups is 2. The van der Waals surface area contributed by atoms with Crippen molar-refractivity contribution in [3.63, 3.8) is 0 Å². The fourth-order valence-electron chi connectivity index (χ4n) is 2.49. The Morgan fingerprint density at radius 1 is 0.970 bits per heavy atom. The van der Waals surface area contributed by atoms with Crippen LogP contribution in [0.25, 0.3) is 0 Å². The van der Waals surface area contributed by atoms with Gasteiger partial charge in [0, 0.05) is 6.54 Å². The number of guanidine groups is 1. The summed E-state index contributed by atoms with van der Waals surface area (Å²) in [6, 6.07) is -5.15. The molecule has 0 saturated carbocycles. The number of carbonyl (C=O) groups excluding carboxylic acids is 3. The van der Waals surface area contributed by atoms with Gasteiger partial charge in [-0.05, 0) is 38.2 Å². The van der Waals surface area contributed by atoms with Crippen LogP contribution in [0.5, 0.6) is 0 Å². The van der Waals surface area contributed by atoms with Crippen LogP contribution < -0.4 is 33.2 Å². The number of nitrogens with zero attached hydrogens (tertiary/aromatic N) is 1. The number of thioether (sulfide) groups is 1. The Hall–Kier alpha value is -2.62. The Kier molecular flexibility index (Phi) is 14.8. The predicted molar refractivity (Wildman–Crippen MR) is 123 cm³/mol. The molecule has 0 aliphatic carbocycles. The molecule has 0 aromatic heterocycles. The number of carbonyl (C=O) groups is 4. The molecule has 0 fully saturated rings. The second kappa shape index (κ2) is 16.1. The number of aliphatic imine (C=N–C) groups is 1. The average molecular weight is 494 g/mol. The maximum Gasteiger partial charge on any atom is 0.326 e. The highest BCUT2D eigenvalue weighted by atomic mass is 32.2. The molecule has 0 aromatic rings. The van der Waals surface area contributed by atoms with E-state index in [-0.39, 0.29) is 31.8 Å². The number of carboxylic acids is 1. The number of carboxylic acid groups (broad SMARTS) is 1. The molecule has 0 spiro atoms. The van der Waals surface area contributed by atoms with Crippen molar-refractivity contribution in [3.8, 4) is 0 Å². The van der Waals surface area contributed by atoms with Gasteiger partial charge in [-0.3, -0.25) is 19.4 Å². The van der Waals surface area contributed by atoms with Crippen LogP contribution in [0.1, 0.15) is 26.2 Å². The molecule has 0 radical (unpaired) electrons. The van der Waals surface area contributed by atoms with Crippen molar-refractivity contribution < 1.29 is 34.5 Å². The van der Waals surface area contributed by atoms with Crippen LogP contribution in [0.15, 0.2) is 4.99 Å². The number of nitrogens with one attached hydrogen (secondary N) is 3. The largest absolute Gasteiger partial charge is 0.480 e. The Morgan fingerprint density at radius 3 is 2.00 bits per heavy atom. The van der Waals surface area contributed by atoms with E-state index in [0.717, 1.165) is 0 Å². The van der Waals surface area contributed by atoms with Crippen LogP contribution in [-0.2, 0) is 19.2 Å². The fraction of sp³-hybridized carbons (Fsp3) is 0.722. The summed E-state index contributed by atoms with van der Waals surface area (Å²) in [4.78, 5) is 52.6. The van der Waals surface area contributed by atoms with Gasteiger partial charge in [0.2, 0.25) is 17.7 Å². The van der Waals surface area contributed by atoms with Crippen LogP contribution in [0, 0.1) is 0 Å². The summed E-state index contributed by atoms with van der Waals surface area (Å²) in [5, 5.41) is 35.2. The second-order valence-corrected chi connectivity index (χ2v) is 8.19. The smallest absolute Gasteiger partial charge is 0.326 e. The highest BCUT2D eigenvalue weighted by Gasteiger charge is 2.30. The molecule has 33 heavy (non-hydrogen) atoms. The van der Waals surface area contributed by atoms with Crippen molar-refractivity contribution >= 4 is 41.4 Å². The van der Waals surface area contributed by atoms with Gasteiger partial charge >= 0.3 is 5.97 Å². The first-order chi connectivity index (χ1) is 15.4. The number of amides is 3. The Balaban J connectivity index is 5.37. The zero-order chi connectivity index (χ0) is 25.6. The van der Waals surface area contributed by atoms with E-state index in [0.29, 0.717) is 5.75 Å². The molecule has 0 rings (SSSR count). The summed E-state index contributed by atoms with van der Waals surface area (Å²) in [5.74, 6) is -3.43. The molecule has 0 aliphatic heterocycles. The average Bonchev–Trinajstić information content (AvgIpc) is 2.75. The van der Waals surface area contributed by atoms with Gasteiger partial charge in [-0.15, -0.1) is 0 Å². The van der Waals surface area contributed by atoms with Crippen molar-refractivity contribution in [2.24, 2.45) is 22.2 Å². The molecule has 5 unspecified atom stereocenters. The predicted octanol–water partition coefficient (Wildman–Crippen LogP) is -3.97. The molecule has 5 atom stereocenters. The molecule has 0 saturated heterocycles. The van der Waals surface area contributed by atoms with E-state index in [4.69, 9.17) is 17.2 Å². The molecule has 15 heteroatoms. The van der Waals surface area contributed by atoms with Gasteiger partial charge in [0.15, 0.2) is 5.96 Å². The summed E-state index contributed by atoms with van der Waals surface area (Å²) in [7, 11) is 0. The van der Waals surface area contributed by atoms with Gasteiger partial charge in [-0.1, -0.05) is 0 Å². The number of hydrogen-bond donors (Lipinski definition) is 9. The Morgan fingerprint density at radius 2 is 1.52 bits per heavy atom. The Labute approximate surface area is 196 Å². The van der Waals surface area contributed by atoms with Crippen molar-refractivity contribution in [1.29, 1.82) is 0 Å². The quantitative estimate of drug-likeness (QED) is 0.0569. The number of hydrogen-bond acceptors (Lipinski definition) is 9. The minimum atomic E-state index is -1.46. The molecule has 0 bridgehead atoms. The number of aliphatic hydroxyl groups excluding tert-OH is 2. The zero-order valence-electron chi connectivity index (χ0n) is 18.7. The van der Waals surface area contributed by atoms with Crippen LogP contribution in [0.3, 0.4) is 0 Å². The van der Waals surface area contributed by atoms with Gasteiger partial charge in [0.25, 0.3) is 0 Å². The molecular weight excluding hydrogens is 458 g/mol. The maximum atomic E-state index is 12.7. The van der Waals surface area contributed by atoms with Crippen molar-refractivity contribution in [3.05, 3.63) is 0 Å². The van der Waals surface area contributed by atoms with Gasteiger partial charge in [0.1, 0.15) is 24.2 Å². The van der Waals surface area contributed by atoms with E-state index < -0.39 is 60.6 Å². The van der Waals surface area contributed by atoms with E-state index in [1.54, 1.807) is 6.26 Å². The first kappa shape index (κ1) is 30.4. The third-order valence-electron chi connectivity index (χ3n) is 4.44. The molecule has 3 amide bonds. The first-order valence-electron chi connectivity index (χ1n) is 10.2. The molecule has 0 aromatic carbocycles. The highest BCUT2D eigenvalue weighted by Crippen LogP contribution is 2.05. The molecule has 190 valence electrons. The van der Waals surface area contributed by atoms with E-state index >= 15 is 0 Å². The molecule has 0 aliphatic rings. The third-order valence-corrected chi connectivity index (χ3v) is 5.09. The summed E-state index contributed by atoms with van der Waals surface area (Å²) in [6.07, 6.45) is 1.07. The van der Waals surface area contributed by atoms with Crippen molar-refractivity contribution in [2.45, 2.75) is 56.5 Å². The van der Waals surface area contributed by atoms with Crippen molar-refractivity contribution in [2.75, 3.05) is 25.2 Å². The number of aliphatic carboxylic acids is 1. The lowest BCUT2D eigenvalue weighted by atomic mass is 10.1. The van der Waals surface area contributed by atoms with E-state index in [1.165, 1.54) is 18.7 Å². The van der Waals surface area contributed by atoms with Gasteiger partial charge in [-0.2, -0.15) is 11.8 Å². The van der Waals surface area contributed by atoms with Crippen LogP contribution in [0.4, 0.5) is 0 Å². The SMILES string of the molecule is CSCCC(NC(=O)C(CCCN=C(N)N)NC(=O)C(CO)NC(=O)C(N)C(C)O)C(=O)O. The summed E-state index contributed by atoms with van der Waals surface area (Å²) < 4.78 is 0. The standard InChI is InChI=1S/C18H35N7O7S/c1-9(27)13(19)16(30)25-12(8-26)15(29)23-10(4-3-6-22-18(20)21)14(28)24-11(17(31)32)5-7-33-2/h9-13,26-27H,3-8,19H2,1-2H3,(H,23,29)(H,24,28)(H,25,30)(H,31,32)(H4,20,21,22). The summed E-state index contributed by atoms with van der Waals surface area (Å²) >= 11 is 1.41. The van der Waals surface area contributed by atoms with Crippen LogP contribution in [-0.4, -0.2) is 100 Å². The lowest BCUT2D eigenvalue weighted by Crippen LogP contribution is -2.59. The maximum absolute atomic E-state index is 12.7. The minimum absolute atomic E-state index is 0.0441. The topological polar surface area (TPSA) is 255 Å². The summed E-state index contributed by atoms with van der Waals surface area (Å²) in [5.41, 5.74) is 16.0. The van der Waals surface area contributed by atoms with E-state index in [2.05, 4.69) is 20.9 Å². The van der Waals surface area contributed by atoms with Gasteiger partial charge < -0.3 is 48.5 Å². The minimum Gasteiger partial charge on any atom is -0.480 e. The number of nitrogens with two attached hydrogens (primary N) is 3. The highest BCUT2D eigenvalue weighted by molar-refractivity contribution is 7.98. The lowest BCUT2D eigenvalue weighted by molar-refractivity contribution is -0.142. The second-order valence-electron chi connectivity index (χ2n) is 7.20. The monoisotopic (exact) mass is 493 g/mol. The van der Waals surface area contributed by atoms with Crippen LogP contribution in [0.2, 0.25) is 0 Å². The zero-order valence-corrected chi connectivity index (χ0v) is 19.5. The van der Waals surface area contributed by atoms with E-state index in [9.17, 15) is 34.5 Å². The lowest BCUT2D eigenvalue weighted by Gasteiger charge is -2.24. The molecule has 0 heterocycles. The first-order valence-corrected chi connectivity index (χ1v) is 11.6. The number of rotatable bonds is 16. The normalized spacial score (nSPS) is 15.3. The molecule has 12 N–H and O–H groups in total. The Bertz CT molecular complexity index is 689. The van der Waals surface area contributed by atoms with Gasteiger partial charge in [-0.25, -0.2) is 4.79 Å². The summed E-state index contributed by atoms with van der Waals surface area (Å²) in [6.45, 7) is 0.628. The fourth-order valence-corrected chi connectivity index (χ4v) is 2.96. The molecular formula is C18H35N7O7S. The molecule has 14 nitrogen and oxygen atoms in total. The van der Waals surface area contributed by atoms with Gasteiger partial charge in [0.05, 0.1) is 12.7 Å². The van der Waals surface area contributed by atoms with Crippen LogP contribution >= 0.6 is 11.8 Å².